The molecule has 0 saturated carbocycles. The summed E-state index contributed by atoms with van der Waals surface area (Å²) in [6, 6.07) is 0. The van der Waals surface area contributed by atoms with Crippen LogP contribution in [0, 0.1) is 0 Å². The summed E-state index contributed by atoms with van der Waals surface area (Å²) in [5.41, 5.74) is 0. The number of alkyl halides is 3. The third-order valence-corrected chi connectivity index (χ3v) is 4.03. The number of thioether (sulfide) groups is 1. The third kappa shape index (κ3) is 8.65. The molecule has 118 valence electrons. The summed E-state index contributed by atoms with van der Waals surface area (Å²) in [6.07, 6.45) is -2.09. The highest BCUT2D eigenvalue weighted by molar-refractivity contribution is 8.00. The van der Waals surface area contributed by atoms with Gasteiger partial charge in [-0.1, -0.05) is 0 Å². The largest absolute Gasteiger partial charge is 0.397 e. The van der Waals surface area contributed by atoms with Crippen LogP contribution in [-0.2, 0) is 4.79 Å². The van der Waals surface area contributed by atoms with Gasteiger partial charge in [-0.15, -0.1) is 11.8 Å². The number of likely N-dealkylation sites (tertiary alicyclic amines) is 1. The van der Waals surface area contributed by atoms with E-state index in [1.54, 1.807) is 0 Å². The van der Waals surface area contributed by atoms with Crippen molar-refractivity contribution in [2.75, 3.05) is 37.7 Å². The Bertz CT molecular complexity index is 295. The molecule has 1 amide bonds. The molecule has 0 aromatic carbocycles. The fourth-order valence-corrected chi connectivity index (χ4v) is 2.60. The second-order valence-corrected chi connectivity index (χ2v) is 5.87. The fraction of sp³-hybridized carbons (Fsp3) is 0.917. The first-order chi connectivity index (χ1) is 9.37. The van der Waals surface area contributed by atoms with Crippen molar-refractivity contribution < 1.29 is 23.1 Å². The van der Waals surface area contributed by atoms with Crippen molar-refractivity contribution in [1.29, 1.82) is 0 Å². The Labute approximate surface area is 121 Å². The first-order valence-electron chi connectivity index (χ1n) is 6.68. The van der Waals surface area contributed by atoms with E-state index < -0.39 is 11.9 Å². The lowest BCUT2D eigenvalue weighted by Crippen LogP contribution is -2.37. The molecule has 0 aliphatic carbocycles. The second-order valence-electron chi connectivity index (χ2n) is 4.88. The van der Waals surface area contributed by atoms with Gasteiger partial charge in [-0.2, -0.15) is 13.2 Å². The number of amides is 1. The van der Waals surface area contributed by atoms with Crippen molar-refractivity contribution in [3.63, 3.8) is 0 Å². The van der Waals surface area contributed by atoms with Gasteiger partial charge >= 0.3 is 6.18 Å². The van der Waals surface area contributed by atoms with Crippen LogP contribution in [0.15, 0.2) is 0 Å². The fourth-order valence-electron chi connectivity index (χ4n) is 1.98. The van der Waals surface area contributed by atoms with Crippen molar-refractivity contribution in [3.05, 3.63) is 0 Å². The Morgan fingerprint density at radius 1 is 1.35 bits per heavy atom. The van der Waals surface area contributed by atoms with Crippen LogP contribution in [0.1, 0.15) is 19.3 Å². The molecule has 0 bridgehead atoms. The van der Waals surface area contributed by atoms with Gasteiger partial charge in [0.2, 0.25) is 5.91 Å². The Hall–Kier alpha value is -0.470. The minimum Gasteiger partial charge on any atom is -0.393 e. The topological polar surface area (TPSA) is 52.6 Å². The summed E-state index contributed by atoms with van der Waals surface area (Å²) < 4.78 is 35.6. The smallest absolute Gasteiger partial charge is 0.393 e. The van der Waals surface area contributed by atoms with Crippen LogP contribution < -0.4 is 5.32 Å². The number of halogens is 3. The molecular formula is C12H21F3N2O2S. The van der Waals surface area contributed by atoms with Gasteiger partial charge in [-0.25, -0.2) is 0 Å². The third-order valence-electron chi connectivity index (χ3n) is 3.03. The van der Waals surface area contributed by atoms with Crippen LogP contribution in [0.4, 0.5) is 13.2 Å². The van der Waals surface area contributed by atoms with Crippen LogP contribution >= 0.6 is 11.8 Å². The Balaban J connectivity index is 1.96. The van der Waals surface area contributed by atoms with Crippen LogP contribution in [0.2, 0.25) is 0 Å². The highest BCUT2D eigenvalue weighted by atomic mass is 32.2. The number of aliphatic hydroxyl groups excluding tert-OH is 1. The van der Waals surface area contributed by atoms with Crippen molar-refractivity contribution in [1.82, 2.24) is 10.2 Å². The quantitative estimate of drug-likeness (QED) is 0.695. The highest BCUT2D eigenvalue weighted by Crippen LogP contribution is 2.20. The lowest BCUT2D eigenvalue weighted by Gasteiger charge is -2.29. The summed E-state index contributed by atoms with van der Waals surface area (Å²) in [6.45, 7) is 3.03. The van der Waals surface area contributed by atoms with Gasteiger partial charge in [0, 0.05) is 19.6 Å². The zero-order valence-electron chi connectivity index (χ0n) is 11.3. The molecule has 2 N–H and O–H groups in total. The van der Waals surface area contributed by atoms with Gasteiger partial charge < -0.3 is 15.3 Å². The molecule has 8 heteroatoms. The number of rotatable bonds is 7. The van der Waals surface area contributed by atoms with Gasteiger partial charge in [-0.3, -0.25) is 4.79 Å². The van der Waals surface area contributed by atoms with Crippen molar-refractivity contribution >= 4 is 17.7 Å². The number of nitrogens with zero attached hydrogens (tertiary/aromatic N) is 1. The predicted octanol–water partition coefficient (Wildman–Crippen LogP) is 1.24. The average Bonchev–Trinajstić information content (AvgIpc) is 2.35. The molecule has 0 aromatic rings. The Kier molecular flexibility index (Phi) is 7.68. The predicted molar refractivity (Wildman–Crippen MR) is 72.7 cm³/mol. The van der Waals surface area contributed by atoms with E-state index in [1.807, 2.05) is 0 Å². The number of aliphatic hydroxyl groups is 1. The van der Waals surface area contributed by atoms with Gasteiger partial charge in [0.15, 0.2) is 0 Å². The molecule has 1 fully saturated rings. The Morgan fingerprint density at radius 3 is 2.60 bits per heavy atom. The molecule has 0 aromatic heterocycles. The first kappa shape index (κ1) is 17.6. The van der Waals surface area contributed by atoms with Crippen LogP contribution in [-0.4, -0.2) is 65.9 Å². The lowest BCUT2D eigenvalue weighted by atomic mass is 10.1. The Morgan fingerprint density at radius 2 is 2.00 bits per heavy atom. The van der Waals surface area contributed by atoms with E-state index in [0.29, 0.717) is 18.3 Å². The first-order valence-corrected chi connectivity index (χ1v) is 7.84. The maximum Gasteiger partial charge on any atom is 0.397 e. The van der Waals surface area contributed by atoms with E-state index >= 15 is 0 Å². The SMILES string of the molecule is O=C(CSCC(F)(F)F)NCCCN1CCC(O)CC1. The van der Waals surface area contributed by atoms with Gasteiger partial charge in [0.25, 0.3) is 0 Å². The molecule has 1 saturated heterocycles. The highest BCUT2D eigenvalue weighted by Gasteiger charge is 2.27. The van der Waals surface area contributed by atoms with Gasteiger partial charge in [0.05, 0.1) is 17.6 Å². The zero-order chi connectivity index (χ0) is 15.0. The van der Waals surface area contributed by atoms with Gasteiger partial charge in [-0.05, 0) is 25.8 Å². The van der Waals surface area contributed by atoms with Crippen LogP contribution in [0.3, 0.4) is 0 Å². The number of hydrogen-bond donors (Lipinski definition) is 2. The van der Waals surface area contributed by atoms with E-state index in [4.69, 9.17) is 0 Å². The standard InChI is InChI=1S/C12H21F3N2O2S/c13-12(14,15)9-20-8-11(19)16-4-1-5-17-6-2-10(18)3-7-17/h10,18H,1-9H2,(H,16,19). The van der Waals surface area contributed by atoms with E-state index in [9.17, 15) is 23.1 Å². The molecule has 4 nitrogen and oxygen atoms in total. The van der Waals surface area contributed by atoms with Crippen molar-refractivity contribution in [2.24, 2.45) is 0 Å². The summed E-state index contributed by atoms with van der Waals surface area (Å²) in [5, 5.41) is 12.0. The minimum atomic E-state index is -4.22. The molecule has 1 heterocycles. The summed E-state index contributed by atoms with van der Waals surface area (Å²) >= 11 is 0.579. The average molecular weight is 314 g/mol. The van der Waals surface area contributed by atoms with Crippen LogP contribution in [0.25, 0.3) is 0 Å². The molecule has 0 radical (unpaired) electrons. The van der Waals surface area contributed by atoms with Gasteiger partial charge in [0.1, 0.15) is 0 Å². The number of nitrogens with one attached hydrogen (secondary N) is 1. The van der Waals surface area contributed by atoms with Crippen molar-refractivity contribution in [3.8, 4) is 0 Å². The van der Waals surface area contributed by atoms with Crippen molar-refractivity contribution in [2.45, 2.75) is 31.5 Å². The molecule has 20 heavy (non-hydrogen) atoms. The van der Waals surface area contributed by atoms with E-state index in [0.717, 1.165) is 38.9 Å². The molecule has 0 atom stereocenters. The summed E-state index contributed by atoms with van der Waals surface area (Å²) in [4.78, 5) is 13.5. The molecular weight excluding hydrogens is 293 g/mol. The number of piperidine rings is 1. The molecule has 1 rings (SSSR count). The molecule has 1 aliphatic heterocycles. The zero-order valence-corrected chi connectivity index (χ0v) is 12.1. The monoisotopic (exact) mass is 314 g/mol. The van der Waals surface area contributed by atoms with E-state index in [2.05, 4.69) is 10.2 Å². The second kappa shape index (κ2) is 8.74. The maximum atomic E-state index is 11.9. The normalized spacial score (nSPS) is 18.2. The molecule has 1 aliphatic rings. The summed E-state index contributed by atoms with van der Waals surface area (Å²) in [7, 11) is 0. The molecule has 0 unspecified atom stereocenters. The lowest BCUT2D eigenvalue weighted by molar-refractivity contribution is -0.118. The number of hydrogen-bond acceptors (Lipinski definition) is 4. The van der Waals surface area contributed by atoms with E-state index in [1.165, 1.54) is 0 Å². The minimum absolute atomic E-state index is 0.157. The van der Waals surface area contributed by atoms with Crippen LogP contribution in [0.5, 0.6) is 0 Å². The number of carbonyl (C=O) groups excluding carboxylic acids is 1. The number of carbonyl (C=O) groups is 1. The summed E-state index contributed by atoms with van der Waals surface area (Å²) in [5.74, 6) is -1.50. The molecule has 0 spiro atoms. The maximum absolute atomic E-state index is 11.9. The van der Waals surface area contributed by atoms with E-state index in [-0.39, 0.29) is 17.8 Å².